The molecule has 2 saturated heterocycles. The molecule has 0 radical (unpaired) electrons. The van der Waals surface area contributed by atoms with Gasteiger partial charge in [-0.25, -0.2) is 0 Å². The van der Waals surface area contributed by atoms with Crippen molar-refractivity contribution in [1.82, 2.24) is 4.90 Å². The number of hydrogen-bond donors (Lipinski definition) is 1. The van der Waals surface area contributed by atoms with Gasteiger partial charge in [0.25, 0.3) is 0 Å². The maximum absolute atomic E-state index is 13.1. The van der Waals surface area contributed by atoms with Crippen LogP contribution in [0.15, 0.2) is 59.5 Å². The number of nitrogens with zero attached hydrogens (tertiary/aromatic N) is 1. The predicted molar refractivity (Wildman–Crippen MR) is 112 cm³/mol. The van der Waals surface area contributed by atoms with Crippen LogP contribution in [0.25, 0.3) is 0 Å². The molecule has 2 bridgehead atoms. The lowest BCUT2D eigenvalue weighted by Crippen LogP contribution is -2.44. The fourth-order valence-corrected chi connectivity index (χ4v) is 5.81. The maximum atomic E-state index is 13.1. The Morgan fingerprint density at radius 3 is 2.79 bits per heavy atom. The zero-order chi connectivity index (χ0) is 19.6. The van der Waals surface area contributed by atoms with Crippen LogP contribution in [0.2, 0.25) is 0 Å². The first-order chi connectivity index (χ1) is 13.6. The number of benzene rings is 2. The van der Waals surface area contributed by atoms with Crippen molar-refractivity contribution in [2.24, 2.45) is 5.41 Å². The van der Waals surface area contributed by atoms with Gasteiger partial charge < -0.3 is 14.7 Å². The van der Waals surface area contributed by atoms with E-state index in [0.717, 1.165) is 36.3 Å². The van der Waals surface area contributed by atoms with Crippen LogP contribution in [0, 0.1) is 5.41 Å². The second kappa shape index (κ2) is 8.18. The topological polar surface area (TPSA) is 49.8 Å². The minimum atomic E-state index is -0.208. The van der Waals surface area contributed by atoms with Gasteiger partial charge in [0, 0.05) is 22.4 Å². The Morgan fingerprint density at radius 1 is 1.21 bits per heavy atom. The number of aliphatic hydroxyl groups excluding tert-OH is 1. The molecule has 2 aliphatic rings. The summed E-state index contributed by atoms with van der Waals surface area (Å²) in [5, 5.41) is 10.3. The van der Waals surface area contributed by atoms with E-state index in [9.17, 15) is 9.90 Å². The molecule has 5 heteroatoms. The van der Waals surface area contributed by atoms with Crippen molar-refractivity contribution in [3.8, 4) is 5.75 Å². The number of ether oxygens (including phenoxy) is 1. The quantitative estimate of drug-likeness (QED) is 0.723. The van der Waals surface area contributed by atoms with E-state index in [2.05, 4.69) is 17.0 Å². The van der Waals surface area contributed by atoms with Gasteiger partial charge >= 0.3 is 0 Å². The minimum absolute atomic E-state index is 0.135. The highest BCUT2D eigenvalue weighted by atomic mass is 32.2. The average molecular weight is 398 g/mol. The molecule has 0 aromatic heterocycles. The zero-order valence-corrected chi connectivity index (χ0v) is 17.0. The Balaban J connectivity index is 1.45. The molecule has 0 saturated carbocycles. The first kappa shape index (κ1) is 19.3. The number of hydrogen-bond acceptors (Lipinski definition) is 4. The van der Waals surface area contributed by atoms with Gasteiger partial charge in [-0.15, -0.1) is 11.8 Å². The van der Waals surface area contributed by atoms with Crippen LogP contribution in [0.1, 0.15) is 24.8 Å². The minimum Gasteiger partial charge on any atom is -0.497 e. The lowest BCUT2D eigenvalue weighted by atomic mass is 9.70. The number of carbonyl (C=O) groups excluding carboxylic acids is 1. The van der Waals surface area contributed by atoms with Crippen LogP contribution in [0.4, 0.5) is 0 Å². The lowest BCUT2D eigenvalue weighted by Gasteiger charge is -2.36. The van der Waals surface area contributed by atoms with E-state index in [-0.39, 0.29) is 30.0 Å². The Labute approximate surface area is 170 Å². The van der Waals surface area contributed by atoms with E-state index >= 15 is 0 Å². The van der Waals surface area contributed by atoms with Gasteiger partial charge in [0.2, 0.25) is 5.91 Å². The molecule has 0 unspecified atom stereocenters. The molecule has 2 fully saturated rings. The lowest BCUT2D eigenvalue weighted by molar-refractivity contribution is -0.130. The Hall–Kier alpha value is -1.98. The van der Waals surface area contributed by atoms with Crippen molar-refractivity contribution in [1.29, 1.82) is 0 Å². The first-order valence-corrected chi connectivity index (χ1v) is 10.9. The smallest absolute Gasteiger partial charge is 0.233 e. The summed E-state index contributed by atoms with van der Waals surface area (Å²) in [5.41, 5.74) is 1.03. The summed E-state index contributed by atoms with van der Waals surface area (Å²) in [5.74, 6) is 1.41. The maximum Gasteiger partial charge on any atom is 0.233 e. The van der Waals surface area contributed by atoms with Crippen LogP contribution in [-0.2, 0) is 11.2 Å². The Bertz CT molecular complexity index is 828. The van der Waals surface area contributed by atoms with Crippen LogP contribution in [0.3, 0.4) is 0 Å². The van der Waals surface area contributed by atoms with Crippen molar-refractivity contribution in [2.45, 2.75) is 42.7 Å². The van der Waals surface area contributed by atoms with E-state index in [0.29, 0.717) is 5.75 Å². The molecular formula is C23H27NO3S. The third-order valence-corrected chi connectivity index (χ3v) is 7.24. The normalized spacial score (nSPS) is 25.9. The van der Waals surface area contributed by atoms with Crippen molar-refractivity contribution >= 4 is 17.7 Å². The van der Waals surface area contributed by atoms with Gasteiger partial charge in [-0.1, -0.05) is 36.4 Å². The number of amides is 1. The second-order valence-electron chi connectivity index (χ2n) is 7.90. The van der Waals surface area contributed by atoms with E-state index < -0.39 is 0 Å². The van der Waals surface area contributed by atoms with Crippen molar-refractivity contribution in [3.05, 3.63) is 60.2 Å². The molecule has 148 valence electrons. The molecule has 4 nitrogen and oxygen atoms in total. The van der Waals surface area contributed by atoms with E-state index in [1.807, 2.05) is 42.5 Å². The number of thioether (sulfide) groups is 1. The average Bonchev–Trinajstić information content (AvgIpc) is 3.29. The number of aliphatic hydroxyl groups is 1. The fourth-order valence-electron chi connectivity index (χ4n) is 5.00. The van der Waals surface area contributed by atoms with Gasteiger partial charge in [-0.3, -0.25) is 4.79 Å². The van der Waals surface area contributed by atoms with E-state index in [1.165, 1.54) is 5.56 Å². The monoisotopic (exact) mass is 397 g/mol. The predicted octanol–water partition coefficient (Wildman–Crippen LogP) is 3.77. The van der Waals surface area contributed by atoms with Gasteiger partial charge in [0.1, 0.15) is 5.75 Å². The van der Waals surface area contributed by atoms with Gasteiger partial charge in [-0.2, -0.15) is 0 Å². The highest BCUT2D eigenvalue weighted by Gasteiger charge is 2.56. The molecule has 2 aliphatic heterocycles. The third kappa shape index (κ3) is 3.65. The van der Waals surface area contributed by atoms with Crippen molar-refractivity contribution < 1.29 is 14.6 Å². The van der Waals surface area contributed by atoms with Gasteiger partial charge in [0.05, 0.1) is 19.5 Å². The highest BCUT2D eigenvalue weighted by Crippen LogP contribution is 2.51. The van der Waals surface area contributed by atoms with E-state index in [4.69, 9.17) is 4.74 Å². The van der Waals surface area contributed by atoms with E-state index in [1.54, 1.807) is 18.9 Å². The Morgan fingerprint density at radius 2 is 2.04 bits per heavy atom. The Kier molecular flexibility index (Phi) is 5.65. The molecule has 0 aliphatic carbocycles. The standard InChI is InChI=1S/C23H27NO3S/c1-27-19-8-5-9-20(12-19)28-15-22(26)24-18-10-11-21(24)23(14-18,16-25)13-17-6-3-2-4-7-17/h2-9,12,18,21,25H,10-11,13-16H2,1H3/t18-,21+,23-/m0/s1. The number of rotatable bonds is 7. The molecule has 2 heterocycles. The van der Waals surface area contributed by atoms with Crippen LogP contribution in [0.5, 0.6) is 5.75 Å². The highest BCUT2D eigenvalue weighted by molar-refractivity contribution is 8.00. The summed E-state index contributed by atoms with van der Waals surface area (Å²) in [6.07, 6.45) is 3.78. The summed E-state index contributed by atoms with van der Waals surface area (Å²) in [6.45, 7) is 0.135. The van der Waals surface area contributed by atoms with Gasteiger partial charge in [0.15, 0.2) is 0 Å². The molecule has 3 atom stereocenters. The van der Waals surface area contributed by atoms with Crippen LogP contribution < -0.4 is 4.74 Å². The summed E-state index contributed by atoms with van der Waals surface area (Å²) in [4.78, 5) is 16.2. The number of methoxy groups -OCH3 is 1. The summed E-state index contributed by atoms with van der Waals surface area (Å²) >= 11 is 1.55. The zero-order valence-electron chi connectivity index (χ0n) is 16.2. The molecular weight excluding hydrogens is 370 g/mol. The van der Waals surface area contributed by atoms with Crippen LogP contribution in [-0.4, -0.2) is 47.5 Å². The second-order valence-corrected chi connectivity index (χ2v) is 8.95. The third-order valence-electron chi connectivity index (χ3n) is 6.26. The van der Waals surface area contributed by atoms with Crippen LogP contribution >= 0.6 is 11.8 Å². The molecule has 28 heavy (non-hydrogen) atoms. The molecule has 4 rings (SSSR count). The first-order valence-electron chi connectivity index (χ1n) is 9.88. The fraction of sp³-hybridized carbons (Fsp3) is 0.435. The largest absolute Gasteiger partial charge is 0.497 e. The molecule has 2 aromatic rings. The summed E-state index contributed by atoms with van der Waals surface area (Å²) < 4.78 is 5.27. The summed E-state index contributed by atoms with van der Waals surface area (Å²) in [6, 6.07) is 18.6. The molecule has 1 amide bonds. The molecule has 2 aromatic carbocycles. The van der Waals surface area contributed by atoms with Crippen molar-refractivity contribution in [3.63, 3.8) is 0 Å². The number of carbonyl (C=O) groups is 1. The summed E-state index contributed by atoms with van der Waals surface area (Å²) in [7, 11) is 1.65. The SMILES string of the molecule is COc1cccc(SCC(=O)N2[C@H]3CC[C@@H]2[C@@](CO)(Cc2ccccc2)C3)c1. The molecule has 1 N–H and O–H groups in total. The van der Waals surface area contributed by atoms with Crippen molar-refractivity contribution in [2.75, 3.05) is 19.5 Å². The van der Waals surface area contributed by atoms with Gasteiger partial charge in [-0.05, 0) is 49.4 Å². The molecule has 0 spiro atoms. The number of fused-ring (bicyclic) bond motifs is 2.